The van der Waals surface area contributed by atoms with E-state index >= 15 is 0 Å². The third kappa shape index (κ3) is 3.42. The molecule has 0 aliphatic carbocycles. The number of amides is 1. The molecule has 4 nitrogen and oxygen atoms in total. The van der Waals surface area contributed by atoms with Crippen LogP contribution in [-0.4, -0.2) is 23.3 Å². The molecule has 1 aliphatic heterocycles. The molecule has 0 spiro atoms. The summed E-state index contributed by atoms with van der Waals surface area (Å²) in [7, 11) is 0. The number of aliphatic hydroxyl groups is 1. The minimum atomic E-state index is -1.97. The van der Waals surface area contributed by atoms with Gasteiger partial charge in [0.05, 0.1) is 11.6 Å². The molecule has 1 amide bonds. The minimum Gasteiger partial charge on any atom is -0.375 e. The zero-order valence-electron chi connectivity index (χ0n) is 16.6. The zero-order valence-corrected chi connectivity index (χ0v) is 17.3. The van der Waals surface area contributed by atoms with Gasteiger partial charge < -0.3 is 10.0 Å². The van der Waals surface area contributed by atoms with E-state index in [0.717, 1.165) is 5.56 Å². The summed E-state index contributed by atoms with van der Waals surface area (Å²) in [5, 5.41) is 12.0. The molecule has 1 aliphatic rings. The Bertz CT molecular complexity index is 1080. The molecule has 152 valence electrons. The quantitative estimate of drug-likeness (QED) is 0.592. The molecule has 0 radical (unpaired) electrons. The van der Waals surface area contributed by atoms with Gasteiger partial charge in [0.15, 0.2) is 11.4 Å². The lowest BCUT2D eigenvalue weighted by Gasteiger charge is -2.28. The van der Waals surface area contributed by atoms with Crippen molar-refractivity contribution in [1.29, 1.82) is 0 Å². The lowest BCUT2D eigenvalue weighted by molar-refractivity contribution is -0.139. The average molecular weight is 420 g/mol. The van der Waals surface area contributed by atoms with E-state index in [9.17, 15) is 14.7 Å². The summed E-state index contributed by atoms with van der Waals surface area (Å²) < 4.78 is 0. The number of carbonyl (C=O) groups excluding carboxylic acids is 2. The molecule has 0 bridgehead atoms. The molecule has 3 aromatic carbocycles. The second-order valence-electron chi connectivity index (χ2n) is 7.57. The van der Waals surface area contributed by atoms with Gasteiger partial charge in [-0.15, -0.1) is 0 Å². The summed E-state index contributed by atoms with van der Waals surface area (Å²) in [6.07, 6.45) is 0.631. The Kier molecular flexibility index (Phi) is 5.46. The van der Waals surface area contributed by atoms with E-state index in [1.54, 1.807) is 54.3 Å². The number of ketones is 1. The molecular formula is C25H22ClNO3. The van der Waals surface area contributed by atoms with Gasteiger partial charge in [0, 0.05) is 22.7 Å². The first-order chi connectivity index (χ1) is 14.4. The van der Waals surface area contributed by atoms with Crippen molar-refractivity contribution in [1.82, 2.24) is 0 Å². The molecule has 1 N–H and O–H groups in total. The van der Waals surface area contributed by atoms with E-state index < -0.39 is 17.4 Å². The van der Waals surface area contributed by atoms with Crippen LogP contribution in [-0.2, 0) is 16.8 Å². The molecule has 0 aromatic heterocycles. The molecule has 0 saturated carbocycles. The van der Waals surface area contributed by atoms with Gasteiger partial charge >= 0.3 is 0 Å². The fraction of sp³-hybridized carbons (Fsp3) is 0.200. The van der Waals surface area contributed by atoms with Gasteiger partial charge in [0.25, 0.3) is 5.91 Å². The van der Waals surface area contributed by atoms with E-state index in [0.29, 0.717) is 34.8 Å². The van der Waals surface area contributed by atoms with Crippen LogP contribution in [0, 0.1) is 5.92 Å². The molecule has 3 aromatic rings. The van der Waals surface area contributed by atoms with Crippen molar-refractivity contribution in [2.24, 2.45) is 5.92 Å². The molecule has 2 atom stereocenters. The van der Waals surface area contributed by atoms with Gasteiger partial charge in [0.1, 0.15) is 0 Å². The maximum Gasteiger partial charge on any atom is 0.264 e. The van der Waals surface area contributed by atoms with Crippen LogP contribution in [0.2, 0.25) is 5.02 Å². The van der Waals surface area contributed by atoms with Crippen molar-refractivity contribution in [3.05, 3.63) is 101 Å². The second kappa shape index (κ2) is 8.05. The smallest absolute Gasteiger partial charge is 0.264 e. The molecule has 0 unspecified atom stereocenters. The van der Waals surface area contributed by atoms with E-state index in [1.165, 1.54) is 0 Å². The molecule has 4 rings (SSSR count). The van der Waals surface area contributed by atoms with Crippen molar-refractivity contribution >= 4 is 29.0 Å². The summed E-state index contributed by atoms with van der Waals surface area (Å²) in [6, 6.07) is 23.6. The molecule has 1 heterocycles. The highest BCUT2D eigenvalue weighted by molar-refractivity contribution is 6.31. The van der Waals surface area contributed by atoms with Crippen molar-refractivity contribution < 1.29 is 14.7 Å². The van der Waals surface area contributed by atoms with Crippen LogP contribution in [0.15, 0.2) is 78.9 Å². The third-order valence-corrected chi connectivity index (χ3v) is 6.01. The largest absolute Gasteiger partial charge is 0.375 e. The van der Waals surface area contributed by atoms with Crippen molar-refractivity contribution in [2.75, 3.05) is 11.4 Å². The summed E-state index contributed by atoms with van der Waals surface area (Å²) in [5.41, 5.74) is 0.548. The van der Waals surface area contributed by atoms with Crippen molar-refractivity contribution in [3.63, 3.8) is 0 Å². The highest BCUT2D eigenvalue weighted by Crippen LogP contribution is 2.46. The summed E-state index contributed by atoms with van der Waals surface area (Å²) in [6.45, 7) is 1.99. The predicted octanol–water partition coefficient (Wildman–Crippen LogP) is 4.64. The number of anilines is 1. The second-order valence-corrected chi connectivity index (χ2v) is 8.01. The first kappa shape index (κ1) is 20.3. The Morgan fingerprint density at radius 3 is 2.33 bits per heavy atom. The van der Waals surface area contributed by atoms with Gasteiger partial charge in [-0.25, -0.2) is 0 Å². The highest BCUT2D eigenvalue weighted by atomic mass is 35.5. The van der Waals surface area contributed by atoms with Crippen LogP contribution in [0.1, 0.15) is 28.4 Å². The Morgan fingerprint density at radius 2 is 1.67 bits per heavy atom. The highest BCUT2D eigenvalue weighted by Gasteiger charge is 2.55. The van der Waals surface area contributed by atoms with Crippen LogP contribution in [0.3, 0.4) is 0 Å². The van der Waals surface area contributed by atoms with Gasteiger partial charge in [-0.1, -0.05) is 79.2 Å². The monoisotopic (exact) mass is 419 g/mol. The maximum absolute atomic E-state index is 13.5. The first-order valence-corrected chi connectivity index (χ1v) is 10.3. The Morgan fingerprint density at radius 1 is 1.03 bits per heavy atom. The van der Waals surface area contributed by atoms with Crippen LogP contribution in [0.4, 0.5) is 5.69 Å². The van der Waals surface area contributed by atoms with Crippen molar-refractivity contribution in [2.45, 2.75) is 18.9 Å². The Hall–Kier alpha value is -2.95. The van der Waals surface area contributed by atoms with E-state index in [-0.39, 0.29) is 5.78 Å². The SMILES string of the molecule is C[C@H](C(=O)c1ccccc1)[C@@]1(O)C(=O)N(CCc2ccccc2)c2ccc(Cl)cc21. The molecule has 5 heteroatoms. The fourth-order valence-electron chi connectivity index (χ4n) is 4.05. The maximum atomic E-state index is 13.5. The van der Waals surface area contributed by atoms with E-state index in [4.69, 9.17) is 11.6 Å². The van der Waals surface area contributed by atoms with E-state index in [2.05, 4.69) is 0 Å². The standard InChI is InChI=1S/C25H22ClNO3/c1-17(23(28)19-10-6-3-7-11-19)25(30)21-16-20(26)12-13-22(21)27(24(25)29)15-14-18-8-4-2-5-9-18/h2-13,16-17,30H,14-15H2,1H3/t17-,25+/m1/s1. The van der Waals surface area contributed by atoms with E-state index in [1.807, 2.05) is 36.4 Å². The summed E-state index contributed by atoms with van der Waals surface area (Å²) >= 11 is 6.19. The number of Topliss-reactive ketones (excluding diaryl/α,β-unsaturated/α-hetero) is 1. The van der Waals surface area contributed by atoms with Crippen molar-refractivity contribution in [3.8, 4) is 0 Å². The predicted molar refractivity (Wildman–Crippen MR) is 118 cm³/mol. The fourth-order valence-corrected chi connectivity index (χ4v) is 4.22. The number of carbonyl (C=O) groups is 2. The molecular weight excluding hydrogens is 398 g/mol. The van der Waals surface area contributed by atoms with Gasteiger partial charge in [-0.05, 0) is 30.2 Å². The number of hydrogen-bond donors (Lipinski definition) is 1. The van der Waals surface area contributed by atoms with Gasteiger partial charge in [0.2, 0.25) is 0 Å². The number of rotatable bonds is 6. The number of nitrogens with zero attached hydrogens (tertiary/aromatic N) is 1. The topological polar surface area (TPSA) is 57.6 Å². The molecule has 30 heavy (non-hydrogen) atoms. The lowest BCUT2D eigenvalue weighted by Crippen LogP contribution is -2.47. The van der Waals surface area contributed by atoms with Gasteiger partial charge in [-0.3, -0.25) is 9.59 Å². The molecule has 0 fully saturated rings. The van der Waals surface area contributed by atoms with Crippen LogP contribution >= 0.6 is 11.6 Å². The number of benzene rings is 3. The first-order valence-electron chi connectivity index (χ1n) is 9.90. The van der Waals surface area contributed by atoms with Crippen LogP contribution in [0.5, 0.6) is 0 Å². The zero-order chi connectivity index (χ0) is 21.3. The average Bonchev–Trinajstić information content (AvgIpc) is 2.99. The Balaban J connectivity index is 1.70. The Labute approximate surface area is 180 Å². The number of hydrogen-bond acceptors (Lipinski definition) is 3. The third-order valence-electron chi connectivity index (χ3n) is 5.78. The normalized spacial score (nSPS) is 18.9. The minimum absolute atomic E-state index is 0.290. The number of halogens is 1. The lowest BCUT2D eigenvalue weighted by atomic mass is 9.79. The molecule has 0 saturated heterocycles. The van der Waals surface area contributed by atoms with Crippen LogP contribution in [0.25, 0.3) is 0 Å². The van der Waals surface area contributed by atoms with Crippen LogP contribution < -0.4 is 4.90 Å². The summed E-state index contributed by atoms with van der Waals surface area (Å²) in [5.74, 6) is -1.75. The summed E-state index contributed by atoms with van der Waals surface area (Å²) in [4.78, 5) is 28.1. The van der Waals surface area contributed by atoms with Gasteiger partial charge in [-0.2, -0.15) is 0 Å². The number of fused-ring (bicyclic) bond motifs is 1.